The molecule has 0 spiro atoms. The monoisotopic (exact) mass is 380 g/mol. The zero-order valence-electron chi connectivity index (χ0n) is 16.9. The number of phenols is 3. The lowest BCUT2D eigenvalue weighted by atomic mass is 9.95. The number of aryl methyl sites for hydroxylation is 6. The van der Waals surface area contributed by atoms with Gasteiger partial charge in [-0.3, -0.25) is 0 Å². The van der Waals surface area contributed by atoms with Crippen LogP contribution in [0, 0.1) is 41.5 Å². The van der Waals surface area contributed by atoms with E-state index in [1.54, 1.807) is 6.07 Å². The zero-order valence-corrected chi connectivity index (χ0v) is 16.9. The van der Waals surface area contributed by atoms with Crippen molar-refractivity contribution in [2.45, 2.75) is 49.0 Å². The van der Waals surface area contributed by atoms with Crippen LogP contribution in [0.25, 0.3) is 11.1 Å². The summed E-state index contributed by atoms with van der Waals surface area (Å²) in [5.41, 5.74) is 7.29. The highest BCUT2D eigenvalue weighted by molar-refractivity contribution is 5.78. The molecule has 3 N–H and O–H groups in total. The van der Waals surface area contributed by atoms with E-state index in [0.29, 0.717) is 16.9 Å². The summed E-state index contributed by atoms with van der Waals surface area (Å²) in [6.45, 7) is 11.6. The third-order valence-electron chi connectivity index (χ3n) is 4.53. The fourth-order valence-electron chi connectivity index (χ4n) is 3.14. The number of hydrogen-bond acceptors (Lipinski definition) is 3. The van der Waals surface area contributed by atoms with Gasteiger partial charge < -0.3 is 15.3 Å². The molecule has 3 heteroatoms. The molecule has 0 aliphatic rings. The van der Waals surface area contributed by atoms with Gasteiger partial charge in [-0.05, 0) is 87.6 Å². The van der Waals surface area contributed by atoms with Crippen LogP contribution in [0.5, 0.6) is 17.2 Å². The highest BCUT2D eigenvalue weighted by Crippen LogP contribution is 2.39. The second-order valence-electron chi connectivity index (χ2n) is 7.25. The minimum absolute atomic E-state index is 0. The Kier molecular flexibility index (Phi) is 7.69. The first-order chi connectivity index (χ1) is 12.6. The quantitative estimate of drug-likeness (QED) is 0.443. The normalized spacial score (nSPS) is 9.93. The fraction of sp³-hybridized carbons (Fsp3) is 0.280. The standard InChI is InChI=1S/C16H18O2.C8H10O.CH4/c1-9-5-11(3)15(17)13(7-9)14-8-10(2)6-12(4)16(14)18;1-6-3-4-8(9)7(2)5-6;/h5-8,17-18H,1-4H3;3-5,9H,1-2H3;1H4. The Morgan fingerprint density at radius 1 is 0.500 bits per heavy atom. The van der Waals surface area contributed by atoms with Gasteiger partial charge in [-0.1, -0.05) is 37.3 Å². The average Bonchev–Trinajstić information content (AvgIpc) is 2.58. The Labute approximate surface area is 168 Å². The molecule has 28 heavy (non-hydrogen) atoms. The van der Waals surface area contributed by atoms with Crippen LogP contribution in [-0.4, -0.2) is 15.3 Å². The summed E-state index contributed by atoms with van der Waals surface area (Å²) in [6, 6.07) is 13.2. The minimum atomic E-state index is 0. The Bertz CT molecular complexity index is 917. The number of phenolic OH excluding ortho intramolecular Hbond substituents is 3. The van der Waals surface area contributed by atoms with E-state index in [9.17, 15) is 10.2 Å². The number of benzene rings is 3. The minimum Gasteiger partial charge on any atom is -0.508 e. The van der Waals surface area contributed by atoms with Crippen LogP contribution < -0.4 is 0 Å². The summed E-state index contributed by atoms with van der Waals surface area (Å²) in [5.74, 6) is 0.849. The van der Waals surface area contributed by atoms with Gasteiger partial charge in [0.05, 0.1) is 0 Å². The van der Waals surface area contributed by atoms with Gasteiger partial charge in [0.2, 0.25) is 0 Å². The molecule has 0 aliphatic heterocycles. The van der Waals surface area contributed by atoms with Gasteiger partial charge in [0.1, 0.15) is 17.2 Å². The van der Waals surface area contributed by atoms with Crippen molar-refractivity contribution in [3.63, 3.8) is 0 Å². The van der Waals surface area contributed by atoms with Gasteiger partial charge in [0.25, 0.3) is 0 Å². The maximum absolute atomic E-state index is 10.2. The predicted octanol–water partition coefficient (Wildman–Crippen LogP) is 6.64. The molecule has 0 amide bonds. The van der Waals surface area contributed by atoms with Crippen molar-refractivity contribution in [3.8, 4) is 28.4 Å². The molecule has 0 fully saturated rings. The molecule has 0 aromatic heterocycles. The lowest BCUT2D eigenvalue weighted by Gasteiger charge is -2.13. The summed E-state index contributed by atoms with van der Waals surface area (Å²) in [4.78, 5) is 0. The van der Waals surface area contributed by atoms with E-state index < -0.39 is 0 Å². The maximum atomic E-state index is 10.2. The Morgan fingerprint density at radius 3 is 1.25 bits per heavy atom. The molecule has 0 saturated carbocycles. The summed E-state index contributed by atoms with van der Waals surface area (Å²) in [7, 11) is 0. The molecule has 3 aromatic carbocycles. The Balaban J connectivity index is 0.000000332. The first kappa shape index (κ1) is 23.1. The van der Waals surface area contributed by atoms with E-state index in [0.717, 1.165) is 27.8 Å². The van der Waals surface area contributed by atoms with Gasteiger partial charge in [-0.2, -0.15) is 0 Å². The van der Waals surface area contributed by atoms with Crippen LogP contribution >= 0.6 is 0 Å². The molecular weight excluding hydrogens is 348 g/mol. The molecule has 0 bridgehead atoms. The smallest absolute Gasteiger partial charge is 0.126 e. The summed E-state index contributed by atoms with van der Waals surface area (Å²) < 4.78 is 0. The van der Waals surface area contributed by atoms with Gasteiger partial charge in [-0.15, -0.1) is 0 Å². The Hall–Kier alpha value is -2.94. The summed E-state index contributed by atoms with van der Waals surface area (Å²) in [6.07, 6.45) is 0. The molecule has 3 rings (SSSR count). The van der Waals surface area contributed by atoms with Crippen LogP contribution in [0.3, 0.4) is 0 Å². The van der Waals surface area contributed by atoms with Crippen molar-refractivity contribution < 1.29 is 15.3 Å². The van der Waals surface area contributed by atoms with Crippen LogP contribution in [0.2, 0.25) is 0 Å². The molecule has 150 valence electrons. The summed E-state index contributed by atoms with van der Waals surface area (Å²) >= 11 is 0. The van der Waals surface area contributed by atoms with E-state index in [4.69, 9.17) is 5.11 Å². The second-order valence-corrected chi connectivity index (χ2v) is 7.25. The maximum Gasteiger partial charge on any atom is 0.126 e. The molecule has 0 aliphatic carbocycles. The van der Waals surface area contributed by atoms with E-state index >= 15 is 0 Å². The highest BCUT2D eigenvalue weighted by atomic mass is 16.3. The lowest BCUT2D eigenvalue weighted by molar-refractivity contribution is 0.465. The lowest BCUT2D eigenvalue weighted by Crippen LogP contribution is -1.89. The second kappa shape index (κ2) is 9.32. The van der Waals surface area contributed by atoms with Crippen LogP contribution in [-0.2, 0) is 0 Å². The number of rotatable bonds is 1. The van der Waals surface area contributed by atoms with E-state index in [2.05, 4.69) is 0 Å². The van der Waals surface area contributed by atoms with Gasteiger partial charge >= 0.3 is 0 Å². The zero-order chi connectivity index (χ0) is 20.3. The highest BCUT2D eigenvalue weighted by Gasteiger charge is 2.13. The Morgan fingerprint density at radius 2 is 0.893 bits per heavy atom. The topological polar surface area (TPSA) is 60.7 Å². The van der Waals surface area contributed by atoms with Crippen molar-refractivity contribution in [2.75, 3.05) is 0 Å². The molecule has 0 atom stereocenters. The molecule has 0 saturated heterocycles. The van der Waals surface area contributed by atoms with E-state index in [1.165, 1.54) is 5.56 Å². The molecule has 3 aromatic rings. The predicted molar refractivity (Wildman–Crippen MR) is 118 cm³/mol. The van der Waals surface area contributed by atoms with Crippen LogP contribution in [0.15, 0.2) is 42.5 Å². The van der Waals surface area contributed by atoms with Gasteiger partial charge in [-0.25, -0.2) is 0 Å². The third kappa shape index (κ3) is 5.29. The summed E-state index contributed by atoms with van der Waals surface area (Å²) in [5, 5.41) is 29.4. The van der Waals surface area contributed by atoms with Crippen molar-refractivity contribution in [3.05, 3.63) is 75.8 Å². The average molecular weight is 381 g/mol. The van der Waals surface area contributed by atoms with Gasteiger partial charge in [0, 0.05) is 11.1 Å². The third-order valence-corrected chi connectivity index (χ3v) is 4.53. The largest absolute Gasteiger partial charge is 0.508 e. The van der Waals surface area contributed by atoms with Crippen molar-refractivity contribution in [2.24, 2.45) is 0 Å². The SMILES string of the molecule is C.Cc1cc(C)c(O)c(-c2cc(C)cc(C)c2O)c1.Cc1ccc(O)c(C)c1. The van der Waals surface area contributed by atoms with E-state index in [1.807, 2.05) is 77.9 Å². The molecule has 0 heterocycles. The van der Waals surface area contributed by atoms with Crippen molar-refractivity contribution in [1.82, 2.24) is 0 Å². The first-order valence-corrected chi connectivity index (χ1v) is 8.97. The fourth-order valence-corrected chi connectivity index (χ4v) is 3.14. The van der Waals surface area contributed by atoms with Crippen molar-refractivity contribution in [1.29, 1.82) is 0 Å². The number of hydrogen-bond donors (Lipinski definition) is 3. The molecule has 0 unspecified atom stereocenters. The van der Waals surface area contributed by atoms with Crippen molar-refractivity contribution >= 4 is 0 Å². The molecular formula is C25H32O3. The number of aromatic hydroxyl groups is 3. The molecule has 3 nitrogen and oxygen atoms in total. The van der Waals surface area contributed by atoms with Crippen LogP contribution in [0.4, 0.5) is 0 Å². The van der Waals surface area contributed by atoms with Crippen LogP contribution in [0.1, 0.15) is 40.8 Å². The van der Waals surface area contributed by atoms with E-state index in [-0.39, 0.29) is 18.9 Å². The molecule has 0 radical (unpaired) electrons. The van der Waals surface area contributed by atoms with Gasteiger partial charge in [0.15, 0.2) is 0 Å². The first-order valence-electron chi connectivity index (χ1n) is 8.97.